The zero-order valence-electron chi connectivity index (χ0n) is 11.6. The van der Waals surface area contributed by atoms with Crippen LogP contribution in [0.4, 0.5) is 0 Å². The number of nitrogens with one attached hydrogen (secondary N) is 1. The lowest BCUT2D eigenvalue weighted by Gasteiger charge is -2.13. The SMILES string of the molecule is CCOC(=O)CCC(=O)N[C@@H](CCCCC#N)C(=O)O. The summed E-state index contributed by atoms with van der Waals surface area (Å²) in [6.45, 7) is 1.91. The molecule has 2 N–H and O–H groups in total. The Bertz CT molecular complexity index is 375. The van der Waals surface area contributed by atoms with Crippen molar-refractivity contribution in [2.75, 3.05) is 6.61 Å². The molecule has 1 atom stereocenters. The Morgan fingerprint density at radius 1 is 1.30 bits per heavy atom. The van der Waals surface area contributed by atoms with Crippen molar-refractivity contribution in [1.29, 1.82) is 5.26 Å². The fraction of sp³-hybridized carbons (Fsp3) is 0.692. The third-order valence-corrected chi connectivity index (χ3v) is 2.53. The van der Waals surface area contributed by atoms with E-state index < -0.39 is 23.9 Å². The van der Waals surface area contributed by atoms with E-state index in [9.17, 15) is 14.4 Å². The Kier molecular flexibility index (Phi) is 9.66. The Hall–Kier alpha value is -2.10. The lowest BCUT2D eigenvalue weighted by molar-refractivity contribution is -0.145. The first kappa shape index (κ1) is 17.9. The van der Waals surface area contributed by atoms with Crippen molar-refractivity contribution in [3.8, 4) is 6.07 Å². The molecule has 0 aliphatic carbocycles. The highest BCUT2D eigenvalue weighted by Crippen LogP contribution is 2.04. The number of carboxylic acid groups (broad SMARTS) is 1. The number of ether oxygens (including phenoxy) is 1. The topological polar surface area (TPSA) is 116 Å². The third kappa shape index (κ3) is 8.91. The summed E-state index contributed by atoms with van der Waals surface area (Å²) in [5.74, 6) is -2.10. The molecular weight excluding hydrogens is 264 g/mol. The molecule has 0 aliphatic heterocycles. The van der Waals surface area contributed by atoms with E-state index in [0.717, 1.165) is 0 Å². The Labute approximate surface area is 117 Å². The van der Waals surface area contributed by atoms with Gasteiger partial charge in [-0.1, -0.05) is 0 Å². The van der Waals surface area contributed by atoms with Gasteiger partial charge in [-0.3, -0.25) is 9.59 Å². The van der Waals surface area contributed by atoms with Crippen LogP contribution in [0.25, 0.3) is 0 Å². The van der Waals surface area contributed by atoms with E-state index in [1.54, 1.807) is 6.92 Å². The van der Waals surface area contributed by atoms with Gasteiger partial charge in [0.25, 0.3) is 0 Å². The highest BCUT2D eigenvalue weighted by molar-refractivity contribution is 5.85. The van der Waals surface area contributed by atoms with Gasteiger partial charge >= 0.3 is 11.9 Å². The van der Waals surface area contributed by atoms with Crippen molar-refractivity contribution in [1.82, 2.24) is 5.32 Å². The van der Waals surface area contributed by atoms with E-state index in [1.165, 1.54) is 0 Å². The molecule has 0 fully saturated rings. The standard InChI is InChI=1S/C13H20N2O5/c1-2-20-12(17)8-7-11(16)15-10(13(18)19)6-4-3-5-9-14/h10H,2-8H2,1H3,(H,15,16)(H,18,19)/t10-/m0/s1. The third-order valence-electron chi connectivity index (χ3n) is 2.53. The Morgan fingerprint density at radius 2 is 2.00 bits per heavy atom. The van der Waals surface area contributed by atoms with Crippen molar-refractivity contribution >= 4 is 17.8 Å². The number of unbranched alkanes of at least 4 members (excludes halogenated alkanes) is 2. The minimum Gasteiger partial charge on any atom is -0.480 e. The Balaban J connectivity index is 4.05. The molecule has 0 spiro atoms. The Morgan fingerprint density at radius 3 is 2.55 bits per heavy atom. The average Bonchev–Trinajstić information content (AvgIpc) is 2.40. The van der Waals surface area contributed by atoms with E-state index in [4.69, 9.17) is 10.4 Å². The monoisotopic (exact) mass is 284 g/mol. The number of rotatable bonds is 10. The van der Waals surface area contributed by atoms with Crippen LogP contribution in [0.2, 0.25) is 0 Å². The van der Waals surface area contributed by atoms with Crippen molar-refractivity contribution in [3.63, 3.8) is 0 Å². The number of hydrogen-bond donors (Lipinski definition) is 2. The molecule has 0 radical (unpaired) electrons. The average molecular weight is 284 g/mol. The number of nitrogens with zero attached hydrogens (tertiary/aromatic N) is 1. The molecule has 7 nitrogen and oxygen atoms in total. The van der Waals surface area contributed by atoms with Crippen LogP contribution in [0.5, 0.6) is 0 Å². The summed E-state index contributed by atoms with van der Waals surface area (Å²) in [6.07, 6.45) is 1.61. The van der Waals surface area contributed by atoms with E-state index in [1.807, 2.05) is 6.07 Å². The van der Waals surface area contributed by atoms with Gasteiger partial charge in [-0.05, 0) is 26.2 Å². The van der Waals surface area contributed by atoms with Crippen molar-refractivity contribution in [2.24, 2.45) is 0 Å². The second kappa shape index (κ2) is 10.8. The first-order valence-corrected chi connectivity index (χ1v) is 6.56. The van der Waals surface area contributed by atoms with Crippen LogP contribution in [0.15, 0.2) is 0 Å². The van der Waals surface area contributed by atoms with Crippen LogP contribution < -0.4 is 5.32 Å². The lowest BCUT2D eigenvalue weighted by Crippen LogP contribution is -2.40. The maximum Gasteiger partial charge on any atom is 0.326 e. The molecule has 20 heavy (non-hydrogen) atoms. The number of carbonyl (C=O) groups excluding carboxylic acids is 2. The number of nitriles is 1. The lowest BCUT2D eigenvalue weighted by atomic mass is 10.1. The molecule has 112 valence electrons. The van der Waals surface area contributed by atoms with Crippen LogP contribution in [0.3, 0.4) is 0 Å². The van der Waals surface area contributed by atoms with E-state index in [2.05, 4.69) is 10.1 Å². The minimum absolute atomic E-state index is 0.0690. The van der Waals surface area contributed by atoms with Gasteiger partial charge in [0.2, 0.25) is 5.91 Å². The molecule has 0 aromatic heterocycles. The van der Waals surface area contributed by atoms with Gasteiger partial charge in [-0.15, -0.1) is 0 Å². The van der Waals surface area contributed by atoms with Gasteiger partial charge < -0.3 is 15.2 Å². The molecule has 0 unspecified atom stereocenters. The molecule has 0 aromatic rings. The van der Waals surface area contributed by atoms with E-state index >= 15 is 0 Å². The molecule has 0 bridgehead atoms. The van der Waals surface area contributed by atoms with Crippen molar-refractivity contribution < 1.29 is 24.2 Å². The van der Waals surface area contributed by atoms with Crippen molar-refractivity contribution in [2.45, 2.75) is 51.5 Å². The summed E-state index contributed by atoms with van der Waals surface area (Å²) in [5.41, 5.74) is 0. The summed E-state index contributed by atoms with van der Waals surface area (Å²) < 4.78 is 4.67. The maximum atomic E-state index is 11.5. The molecule has 1 amide bonds. The predicted octanol–water partition coefficient (Wildman–Crippen LogP) is 0.983. The van der Waals surface area contributed by atoms with Crippen LogP contribution in [-0.4, -0.2) is 35.6 Å². The predicted molar refractivity (Wildman–Crippen MR) is 69.5 cm³/mol. The zero-order valence-corrected chi connectivity index (χ0v) is 11.6. The summed E-state index contributed by atoms with van der Waals surface area (Å²) in [7, 11) is 0. The second-order valence-electron chi connectivity index (χ2n) is 4.17. The van der Waals surface area contributed by atoms with Crippen LogP contribution in [0.1, 0.15) is 45.4 Å². The van der Waals surface area contributed by atoms with Gasteiger partial charge in [0.05, 0.1) is 19.1 Å². The van der Waals surface area contributed by atoms with E-state index in [0.29, 0.717) is 19.3 Å². The molecular formula is C13H20N2O5. The molecule has 0 heterocycles. The highest BCUT2D eigenvalue weighted by atomic mass is 16.5. The van der Waals surface area contributed by atoms with Gasteiger partial charge in [0.15, 0.2) is 0 Å². The second-order valence-corrected chi connectivity index (χ2v) is 4.17. The van der Waals surface area contributed by atoms with Gasteiger partial charge in [-0.25, -0.2) is 4.79 Å². The number of aliphatic carboxylic acids is 1. The van der Waals surface area contributed by atoms with Crippen LogP contribution >= 0.6 is 0 Å². The summed E-state index contributed by atoms with van der Waals surface area (Å²) in [4.78, 5) is 33.6. The zero-order chi connectivity index (χ0) is 15.4. The largest absolute Gasteiger partial charge is 0.480 e. The quantitative estimate of drug-likeness (QED) is 0.456. The molecule has 0 saturated carbocycles. The fourth-order valence-corrected chi connectivity index (χ4v) is 1.53. The normalized spacial score (nSPS) is 11.2. The maximum absolute atomic E-state index is 11.5. The smallest absolute Gasteiger partial charge is 0.326 e. The van der Waals surface area contributed by atoms with Crippen molar-refractivity contribution in [3.05, 3.63) is 0 Å². The molecule has 0 aliphatic rings. The van der Waals surface area contributed by atoms with Gasteiger partial charge in [0, 0.05) is 12.8 Å². The first-order chi connectivity index (χ1) is 9.51. The first-order valence-electron chi connectivity index (χ1n) is 6.56. The van der Waals surface area contributed by atoms with Gasteiger partial charge in [-0.2, -0.15) is 5.26 Å². The summed E-state index contributed by atoms with van der Waals surface area (Å²) in [6, 6.07) is 0.987. The number of amides is 1. The van der Waals surface area contributed by atoms with Gasteiger partial charge in [0.1, 0.15) is 6.04 Å². The highest BCUT2D eigenvalue weighted by Gasteiger charge is 2.19. The number of carbonyl (C=O) groups is 3. The molecule has 0 aromatic carbocycles. The van der Waals surface area contributed by atoms with Crippen LogP contribution in [0, 0.1) is 11.3 Å². The molecule has 7 heteroatoms. The summed E-state index contributed by atoms with van der Waals surface area (Å²) in [5, 5.41) is 19.7. The summed E-state index contributed by atoms with van der Waals surface area (Å²) >= 11 is 0. The number of carboxylic acids is 1. The van der Waals surface area contributed by atoms with Crippen LogP contribution in [-0.2, 0) is 19.1 Å². The molecule has 0 rings (SSSR count). The number of hydrogen-bond acceptors (Lipinski definition) is 5. The minimum atomic E-state index is -1.12. The fourth-order valence-electron chi connectivity index (χ4n) is 1.53. The number of esters is 1. The van der Waals surface area contributed by atoms with E-state index in [-0.39, 0.29) is 25.9 Å². The molecule has 0 saturated heterocycles.